The van der Waals surface area contributed by atoms with Crippen LogP contribution in [0.2, 0.25) is 0 Å². The number of rotatable bonds is 3. The van der Waals surface area contributed by atoms with Crippen LogP contribution < -0.4 is 5.32 Å². The van der Waals surface area contributed by atoms with Crippen molar-refractivity contribution in [1.82, 2.24) is 5.32 Å². The van der Waals surface area contributed by atoms with Gasteiger partial charge in [-0.3, -0.25) is 4.79 Å². The largest absolute Gasteiger partial charge is 0.394 e. The van der Waals surface area contributed by atoms with Crippen molar-refractivity contribution in [2.24, 2.45) is 5.92 Å². The van der Waals surface area contributed by atoms with Gasteiger partial charge in [0, 0.05) is 6.42 Å². The van der Waals surface area contributed by atoms with Crippen molar-refractivity contribution in [3.8, 4) is 0 Å². The van der Waals surface area contributed by atoms with Crippen LogP contribution in [-0.4, -0.2) is 29.4 Å². The number of β-lactam (4-membered cyclic amide) rings is 1. The quantitative estimate of drug-likeness (QED) is 0.520. The Morgan fingerprint density at radius 1 is 1.73 bits per heavy atom. The molecule has 0 aromatic carbocycles. The number of nitrogens with one attached hydrogen (secondary N) is 1. The van der Waals surface area contributed by atoms with E-state index in [0.29, 0.717) is 0 Å². The number of ketones is 1. The third-order valence-corrected chi connectivity index (χ3v) is 1.85. The average Bonchev–Trinajstić information content (AvgIpc) is 1.95. The molecule has 11 heavy (non-hydrogen) atoms. The average molecular weight is 157 g/mol. The summed E-state index contributed by atoms with van der Waals surface area (Å²) in [6.07, 6.45) is 0.247. The summed E-state index contributed by atoms with van der Waals surface area (Å²) in [4.78, 5) is 21.4. The van der Waals surface area contributed by atoms with Crippen LogP contribution in [0, 0.1) is 5.92 Å². The van der Waals surface area contributed by atoms with Crippen LogP contribution in [-0.2, 0) is 9.59 Å². The summed E-state index contributed by atoms with van der Waals surface area (Å²) in [5.41, 5.74) is 0. The highest BCUT2D eigenvalue weighted by molar-refractivity contribution is 5.90. The van der Waals surface area contributed by atoms with Gasteiger partial charge in [0.1, 0.15) is 5.78 Å². The van der Waals surface area contributed by atoms with E-state index < -0.39 is 0 Å². The standard InChI is InChI=1S/C7H11NO3/c1-4(10)2-5-6(3-9)8-7(5)11/h5-6,9H,2-3H2,1H3,(H,8,11)/t5-,6+/m0/s1. The predicted molar refractivity (Wildman–Crippen MR) is 37.8 cm³/mol. The Bertz CT molecular complexity index is 190. The number of carbonyl (C=O) groups excluding carboxylic acids is 2. The second-order valence-corrected chi connectivity index (χ2v) is 2.81. The first-order chi connectivity index (χ1) is 5.15. The van der Waals surface area contributed by atoms with E-state index in [1.165, 1.54) is 6.92 Å². The molecule has 0 unspecified atom stereocenters. The maximum absolute atomic E-state index is 10.8. The molecule has 1 rings (SSSR count). The number of amides is 1. The van der Waals surface area contributed by atoms with Gasteiger partial charge in [0.25, 0.3) is 0 Å². The van der Waals surface area contributed by atoms with Crippen LogP contribution in [0.3, 0.4) is 0 Å². The molecule has 0 radical (unpaired) electrons. The molecule has 2 atom stereocenters. The maximum atomic E-state index is 10.8. The molecule has 1 amide bonds. The molecule has 0 aliphatic carbocycles. The van der Waals surface area contributed by atoms with Gasteiger partial charge in [0.05, 0.1) is 18.6 Å². The van der Waals surface area contributed by atoms with Gasteiger partial charge in [-0.25, -0.2) is 0 Å². The molecule has 4 nitrogen and oxygen atoms in total. The van der Waals surface area contributed by atoms with Crippen molar-refractivity contribution in [1.29, 1.82) is 0 Å². The summed E-state index contributed by atoms with van der Waals surface area (Å²) in [5, 5.41) is 11.2. The van der Waals surface area contributed by atoms with Crippen LogP contribution in [0.15, 0.2) is 0 Å². The first-order valence-electron chi connectivity index (χ1n) is 3.56. The highest BCUT2D eigenvalue weighted by Crippen LogP contribution is 2.18. The fourth-order valence-corrected chi connectivity index (χ4v) is 1.19. The lowest BCUT2D eigenvalue weighted by molar-refractivity contribution is -0.139. The fourth-order valence-electron chi connectivity index (χ4n) is 1.19. The Labute approximate surface area is 64.6 Å². The first kappa shape index (κ1) is 8.20. The topological polar surface area (TPSA) is 66.4 Å². The Morgan fingerprint density at radius 2 is 2.36 bits per heavy atom. The number of carbonyl (C=O) groups is 2. The van der Waals surface area contributed by atoms with Crippen molar-refractivity contribution < 1.29 is 14.7 Å². The minimum absolute atomic E-state index is 0.0108. The molecule has 1 fully saturated rings. The smallest absolute Gasteiger partial charge is 0.226 e. The second kappa shape index (κ2) is 3.00. The monoisotopic (exact) mass is 157 g/mol. The summed E-state index contributed by atoms with van der Waals surface area (Å²) in [6, 6.07) is -0.202. The molecule has 0 aromatic rings. The molecule has 62 valence electrons. The van der Waals surface area contributed by atoms with E-state index in [1.807, 2.05) is 0 Å². The maximum Gasteiger partial charge on any atom is 0.226 e. The van der Waals surface area contributed by atoms with Gasteiger partial charge in [-0.1, -0.05) is 0 Å². The molecule has 1 heterocycles. The lowest BCUT2D eigenvalue weighted by Crippen LogP contribution is -2.60. The zero-order valence-corrected chi connectivity index (χ0v) is 6.33. The summed E-state index contributed by atoms with van der Waals surface area (Å²) < 4.78 is 0. The molecule has 0 spiro atoms. The van der Waals surface area contributed by atoms with E-state index in [4.69, 9.17) is 5.11 Å². The van der Waals surface area contributed by atoms with Crippen molar-refractivity contribution >= 4 is 11.7 Å². The van der Waals surface area contributed by atoms with Gasteiger partial charge in [0.2, 0.25) is 5.91 Å². The third kappa shape index (κ3) is 1.57. The normalized spacial score (nSPS) is 29.1. The molecule has 0 aromatic heterocycles. The zero-order valence-electron chi connectivity index (χ0n) is 6.33. The second-order valence-electron chi connectivity index (χ2n) is 2.81. The number of Topliss-reactive ketones (excluding diaryl/α,β-unsaturated/α-hetero) is 1. The van der Waals surface area contributed by atoms with Crippen LogP contribution in [0.1, 0.15) is 13.3 Å². The molecule has 4 heteroatoms. The Hall–Kier alpha value is -0.900. The number of aliphatic hydroxyl groups excluding tert-OH is 1. The minimum Gasteiger partial charge on any atom is -0.394 e. The van der Waals surface area contributed by atoms with E-state index in [9.17, 15) is 9.59 Å². The number of aliphatic hydroxyl groups is 1. The van der Waals surface area contributed by atoms with Gasteiger partial charge >= 0.3 is 0 Å². The molecule has 2 N–H and O–H groups in total. The zero-order chi connectivity index (χ0) is 8.43. The SMILES string of the molecule is CC(=O)C[C@@H]1C(=O)N[C@@H]1CO. The van der Waals surface area contributed by atoms with Gasteiger partial charge in [-0.15, -0.1) is 0 Å². The summed E-state index contributed by atoms with van der Waals surface area (Å²) in [7, 11) is 0. The van der Waals surface area contributed by atoms with Crippen LogP contribution in [0.4, 0.5) is 0 Å². The summed E-state index contributed by atoms with van der Waals surface area (Å²) >= 11 is 0. The molecule has 1 aliphatic heterocycles. The molecular weight excluding hydrogens is 146 g/mol. The van der Waals surface area contributed by atoms with Gasteiger partial charge in [-0.05, 0) is 6.92 Å². The lowest BCUT2D eigenvalue weighted by Gasteiger charge is -2.34. The molecule has 0 saturated carbocycles. The third-order valence-electron chi connectivity index (χ3n) is 1.85. The molecule has 1 aliphatic rings. The molecule has 0 bridgehead atoms. The van der Waals surface area contributed by atoms with Gasteiger partial charge in [-0.2, -0.15) is 0 Å². The van der Waals surface area contributed by atoms with E-state index in [0.717, 1.165) is 0 Å². The Kier molecular flexibility index (Phi) is 2.24. The summed E-state index contributed by atoms with van der Waals surface area (Å²) in [5.74, 6) is -0.431. The Balaban J connectivity index is 2.42. The van der Waals surface area contributed by atoms with Crippen molar-refractivity contribution in [3.63, 3.8) is 0 Å². The van der Waals surface area contributed by atoms with Crippen LogP contribution in [0.25, 0.3) is 0 Å². The minimum atomic E-state index is -0.294. The van der Waals surface area contributed by atoms with Crippen molar-refractivity contribution in [3.05, 3.63) is 0 Å². The highest BCUT2D eigenvalue weighted by Gasteiger charge is 2.38. The van der Waals surface area contributed by atoms with E-state index in [2.05, 4.69) is 5.32 Å². The fraction of sp³-hybridized carbons (Fsp3) is 0.714. The molecular formula is C7H11NO3. The predicted octanol–water partition coefficient (Wildman–Crippen LogP) is -0.928. The lowest BCUT2D eigenvalue weighted by atomic mass is 9.87. The van der Waals surface area contributed by atoms with Crippen molar-refractivity contribution in [2.75, 3.05) is 6.61 Å². The van der Waals surface area contributed by atoms with Crippen molar-refractivity contribution in [2.45, 2.75) is 19.4 Å². The van der Waals surface area contributed by atoms with Crippen LogP contribution >= 0.6 is 0 Å². The highest BCUT2D eigenvalue weighted by atomic mass is 16.3. The Morgan fingerprint density at radius 3 is 2.73 bits per heavy atom. The van der Waals surface area contributed by atoms with Gasteiger partial charge < -0.3 is 15.2 Å². The number of hydrogen-bond donors (Lipinski definition) is 2. The van der Waals surface area contributed by atoms with E-state index in [-0.39, 0.29) is 36.7 Å². The first-order valence-corrected chi connectivity index (χ1v) is 3.56. The van der Waals surface area contributed by atoms with E-state index >= 15 is 0 Å². The summed E-state index contributed by atoms with van der Waals surface area (Å²) in [6.45, 7) is 1.36. The molecule has 1 saturated heterocycles. The van der Waals surface area contributed by atoms with Gasteiger partial charge in [0.15, 0.2) is 0 Å². The van der Waals surface area contributed by atoms with Crippen LogP contribution in [0.5, 0.6) is 0 Å². The number of hydrogen-bond acceptors (Lipinski definition) is 3. The van der Waals surface area contributed by atoms with E-state index in [1.54, 1.807) is 0 Å².